The van der Waals surface area contributed by atoms with Crippen LogP contribution in [-0.4, -0.2) is 53.3 Å². The summed E-state index contributed by atoms with van der Waals surface area (Å²) >= 11 is 1.33. The van der Waals surface area contributed by atoms with E-state index >= 15 is 0 Å². The van der Waals surface area contributed by atoms with Crippen LogP contribution in [0.1, 0.15) is 30.6 Å². The van der Waals surface area contributed by atoms with Crippen molar-refractivity contribution < 1.29 is 19.1 Å². The molecule has 2 rings (SSSR count). The Kier molecular flexibility index (Phi) is 6.58. The van der Waals surface area contributed by atoms with Crippen LogP contribution in [0.3, 0.4) is 0 Å². The highest BCUT2D eigenvalue weighted by Crippen LogP contribution is 2.29. The Morgan fingerprint density at radius 2 is 1.96 bits per heavy atom. The van der Waals surface area contributed by atoms with Gasteiger partial charge in [0.25, 0.3) is 0 Å². The van der Waals surface area contributed by atoms with Gasteiger partial charge in [-0.2, -0.15) is 0 Å². The summed E-state index contributed by atoms with van der Waals surface area (Å²) in [4.78, 5) is 41.9. The quantitative estimate of drug-likeness (QED) is 0.783. The van der Waals surface area contributed by atoms with Crippen molar-refractivity contribution in [1.82, 2.24) is 4.90 Å². The molecule has 0 spiro atoms. The smallest absolute Gasteiger partial charge is 0.337 e. The molecule has 0 aromatic heterocycles. The van der Waals surface area contributed by atoms with Crippen molar-refractivity contribution in [3.8, 4) is 0 Å². The lowest BCUT2D eigenvalue weighted by Crippen LogP contribution is -2.33. The molecule has 1 aromatic carbocycles. The van der Waals surface area contributed by atoms with Gasteiger partial charge in [0, 0.05) is 25.2 Å². The number of carbonyl (C=O) groups is 3. The molecule has 1 N–H and O–H groups in total. The van der Waals surface area contributed by atoms with E-state index in [0.29, 0.717) is 29.5 Å². The van der Waals surface area contributed by atoms with Crippen molar-refractivity contribution in [2.75, 3.05) is 25.5 Å². The number of esters is 1. The van der Waals surface area contributed by atoms with Gasteiger partial charge in [0.1, 0.15) is 5.25 Å². The van der Waals surface area contributed by atoms with Gasteiger partial charge in [0.15, 0.2) is 5.17 Å². The molecule has 2 amide bonds. The fraction of sp³-hybridized carbons (Fsp3) is 0.412. The lowest BCUT2D eigenvalue weighted by Gasteiger charge is -2.13. The highest BCUT2D eigenvalue weighted by Gasteiger charge is 2.38. The van der Waals surface area contributed by atoms with Gasteiger partial charge in [-0.3, -0.25) is 19.5 Å². The molecule has 1 fully saturated rings. The van der Waals surface area contributed by atoms with Gasteiger partial charge in [-0.25, -0.2) is 4.79 Å². The number of hydrogen-bond donors (Lipinski definition) is 1. The maximum absolute atomic E-state index is 12.4. The molecule has 1 saturated heterocycles. The maximum atomic E-state index is 12.4. The molecular weight excluding hydrogens is 342 g/mol. The zero-order valence-corrected chi connectivity index (χ0v) is 15.3. The fourth-order valence-electron chi connectivity index (χ4n) is 2.38. The number of hydrogen-bond acceptors (Lipinski definition) is 6. The van der Waals surface area contributed by atoms with E-state index in [9.17, 15) is 14.4 Å². The third-order valence-corrected chi connectivity index (χ3v) is 4.80. The molecule has 7 nitrogen and oxygen atoms in total. The molecule has 1 heterocycles. The second-order valence-electron chi connectivity index (χ2n) is 5.27. The Hall–Kier alpha value is -2.35. The van der Waals surface area contributed by atoms with Crippen LogP contribution in [-0.2, 0) is 14.3 Å². The lowest BCUT2D eigenvalue weighted by molar-refractivity contribution is -0.128. The number of nitrogens with one attached hydrogen (secondary N) is 1. The van der Waals surface area contributed by atoms with Gasteiger partial charge < -0.3 is 10.1 Å². The predicted octanol–water partition coefficient (Wildman–Crippen LogP) is 2.14. The van der Waals surface area contributed by atoms with Crippen molar-refractivity contribution >= 4 is 40.4 Å². The minimum absolute atomic E-state index is 0.0709. The van der Waals surface area contributed by atoms with Crippen LogP contribution in [0.5, 0.6) is 0 Å². The van der Waals surface area contributed by atoms with E-state index in [0.717, 1.165) is 0 Å². The fourth-order valence-corrected chi connectivity index (χ4v) is 3.64. The molecule has 1 aliphatic heterocycles. The molecule has 0 saturated carbocycles. The first-order valence-electron chi connectivity index (χ1n) is 8.00. The topological polar surface area (TPSA) is 88.1 Å². The molecule has 1 aromatic rings. The molecule has 0 aliphatic carbocycles. The summed E-state index contributed by atoms with van der Waals surface area (Å²) in [6.45, 7) is 4.92. The van der Waals surface area contributed by atoms with E-state index in [1.54, 1.807) is 29.2 Å². The van der Waals surface area contributed by atoms with Gasteiger partial charge in [-0.05, 0) is 38.1 Å². The zero-order chi connectivity index (χ0) is 18.4. The number of thioether (sulfide) groups is 1. The summed E-state index contributed by atoms with van der Waals surface area (Å²) in [6.07, 6.45) is 0.0709. The number of carbonyl (C=O) groups excluding carboxylic acids is 3. The third-order valence-electron chi connectivity index (χ3n) is 3.59. The molecular formula is C17H21N3O4S. The van der Waals surface area contributed by atoms with Crippen molar-refractivity contribution in [3.05, 3.63) is 29.8 Å². The summed E-state index contributed by atoms with van der Waals surface area (Å²) in [7, 11) is 1.31. The normalized spacial score (nSPS) is 18.5. The first-order chi connectivity index (χ1) is 12.0. The molecule has 25 heavy (non-hydrogen) atoms. The Balaban J connectivity index is 1.97. The summed E-state index contributed by atoms with van der Waals surface area (Å²) in [5, 5.41) is 2.96. The van der Waals surface area contributed by atoms with Crippen LogP contribution in [0.15, 0.2) is 29.3 Å². The predicted molar refractivity (Wildman–Crippen MR) is 97.8 cm³/mol. The van der Waals surface area contributed by atoms with Gasteiger partial charge >= 0.3 is 5.97 Å². The number of methoxy groups -OCH3 is 1. The maximum Gasteiger partial charge on any atom is 0.337 e. The van der Waals surface area contributed by atoms with Crippen LogP contribution < -0.4 is 5.32 Å². The minimum atomic E-state index is -0.459. The summed E-state index contributed by atoms with van der Waals surface area (Å²) in [5.74, 6) is -0.783. The SMILES string of the molecule is CCN=C1S[C@@H](CC(=O)Nc2ccc(C(=O)OC)cc2)C(=O)N1CC. The van der Waals surface area contributed by atoms with E-state index in [2.05, 4.69) is 15.0 Å². The summed E-state index contributed by atoms with van der Waals surface area (Å²) < 4.78 is 4.63. The first-order valence-corrected chi connectivity index (χ1v) is 8.88. The molecule has 1 atom stereocenters. The van der Waals surface area contributed by atoms with E-state index in [1.165, 1.54) is 18.9 Å². The molecule has 0 radical (unpaired) electrons. The van der Waals surface area contributed by atoms with Crippen molar-refractivity contribution in [2.45, 2.75) is 25.5 Å². The van der Waals surface area contributed by atoms with Crippen molar-refractivity contribution in [1.29, 1.82) is 0 Å². The molecule has 8 heteroatoms. The van der Waals surface area contributed by atoms with E-state index < -0.39 is 11.2 Å². The lowest BCUT2D eigenvalue weighted by atomic mass is 10.2. The molecule has 0 bridgehead atoms. The Bertz CT molecular complexity index is 688. The zero-order valence-electron chi connectivity index (χ0n) is 14.4. The van der Waals surface area contributed by atoms with Crippen LogP contribution in [0.4, 0.5) is 5.69 Å². The van der Waals surface area contributed by atoms with Crippen LogP contribution >= 0.6 is 11.8 Å². The number of benzene rings is 1. The number of anilines is 1. The average Bonchev–Trinajstić information content (AvgIpc) is 2.89. The first kappa shape index (κ1) is 19.0. The van der Waals surface area contributed by atoms with Gasteiger partial charge in [0.05, 0.1) is 12.7 Å². The van der Waals surface area contributed by atoms with Crippen molar-refractivity contribution in [2.24, 2.45) is 4.99 Å². The van der Waals surface area contributed by atoms with Crippen LogP contribution in [0.2, 0.25) is 0 Å². The minimum Gasteiger partial charge on any atom is -0.465 e. The highest BCUT2D eigenvalue weighted by molar-refractivity contribution is 8.15. The Labute approximate surface area is 150 Å². The second kappa shape index (κ2) is 8.66. The monoisotopic (exact) mass is 363 g/mol. The van der Waals surface area contributed by atoms with E-state index in [-0.39, 0.29) is 18.2 Å². The Morgan fingerprint density at radius 1 is 1.28 bits per heavy atom. The third kappa shape index (κ3) is 4.60. The summed E-state index contributed by atoms with van der Waals surface area (Å²) in [5.41, 5.74) is 0.962. The van der Waals surface area contributed by atoms with Gasteiger partial charge in [0.2, 0.25) is 11.8 Å². The second-order valence-corrected chi connectivity index (χ2v) is 6.44. The number of rotatable bonds is 6. The number of ether oxygens (including phenoxy) is 1. The molecule has 1 aliphatic rings. The van der Waals surface area contributed by atoms with E-state index in [1.807, 2.05) is 13.8 Å². The number of amidine groups is 1. The molecule has 134 valence electrons. The number of amides is 2. The van der Waals surface area contributed by atoms with Gasteiger partial charge in [-0.15, -0.1) is 0 Å². The van der Waals surface area contributed by atoms with Crippen molar-refractivity contribution in [3.63, 3.8) is 0 Å². The van der Waals surface area contributed by atoms with Crippen LogP contribution in [0, 0.1) is 0 Å². The summed E-state index contributed by atoms with van der Waals surface area (Å²) in [6, 6.07) is 6.38. The highest BCUT2D eigenvalue weighted by atomic mass is 32.2. The van der Waals surface area contributed by atoms with Gasteiger partial charge in [-0.1, -0.05) is 11.8 Å². The Morgan fingerprint density at radius 3 is 2.52 bits per heavy atom. The standard InChI is InChI=1S/C17H21N3O4S/c1-4-18-17-20(5-2)15(22)13(25-17)10-14(21)19-12-8-6-11(7-9-12)16(23)24-3/h6-9,13H,4-5,10H2,1-3H3,(H,19,21)/t13-/m0/s1. The number of nitrogens with zero attached hydrogens (tertiary/aromatic N) is 2. The molecule has 0 unspecified atom stereocenters. The number of aliphatic imine (C=N–C) groups is 1. The average molecular weight is 363 g/mol. The van der Waals surface area contributed by atoms with E-state index in [4.69, 9.17) is 0 Å². The van der Waals surface area contributed by atoms with Crippen LogP contribution in [0.25, 0.3) is 0 Å². The largest absolute Gasteiger partial charge is 0.465 e.